The van der Waals surface area contributed by atoms with Gasteiger partial charge in [-0.1, -0.05) is 30.3 Å². The fourth-order valence-corrected chi connectivity index (χ4v) is 2.43. The average Bonchev–Trinajstić information content (AvgIpc) is 2.49. The van der Waals surface area contributed by atoms with E-state index in [1.54, 1.807) is 0 Å². The number of rotatable bonds is 5. The first-order chi connectivity index (χ1) is 9.67. The quantitative estimate of drug-likeness (QED) is 0.761. The van der Waals surface area contributed by atoms with E-state index >= 15 is 0 Å². The molecule has 0 aliphatic heterocycles. The molecule has 104 valence electrons. The van der Waals surface area contributed by atoms with Crippen LogP contribution >= 0.6 is 0 Å². The van der Waals surface area contributed by atoms with Crippen molar-refractivity contribution in [2.45, 2.75) is 20.8 Å². The molecule has 0 saturated heterocycles. The fraction of sp³-hybridized carbons (Fsp3) is 0.278. The van der Waals surface area contributed by atoms with Crippen LogP contribution in [-0.2, 0) is 0 Å². The highest BCUT2D eigenvalue weighted by atomic mass is 16.1. The molecule has 0 aliphatic rings. The molecule has 0 spiro atoms. The Morgan fingerprint density at radius 1 is 1.00 bits per heavy atom. The van der Waals surface area contributed by atoms with Crippen molar-refractivity contribution in [2.75, 3.05) is 18.0 Å². The van der Waals surface area contributed by atoms with Crippen LogP contribution in [0, 0.1) is 6.92 Å². The molecule has 2 nitrogen and oxygen atoms in total. The molecular weight excluding hydrogens is 246 g/mol. The maximum Gasteiger partial charge on any atom is 0.193 e. The van der Waals surface area contributed by atoms with Gasteiger partial charge in [-0.3, -0.25) is 4.79 Å². The second-order valence-electron chi connectivity index (χ2n) is 4.87. The molecule has 20 heavy (non-hydrogen) atoms. The van der Waals surface area contributed by atoms with Crippen LogP contribution in [0.4, 0.5) is 5.69 Å². The van der Waals surface area contributed by atoms with Gasteiger partial charge in [-0.2, -0.15) is 0 Å². The van der Waals surface area contributed by atoms with Crippen molar-refractivity contribution in [3.05, 3.63) is 65.2 Å². The third kappa shape index (κ3) is 2.90. The van der Waals surface area contributed by atoms with Crippen LogP contribution in [0.1, 0.15) is 35.3 Å². The molecule has 0 fully saturated rings. The zero-order chi connectivity index (χ0) is 14.5. The van der Waals surface area contributed by atoms with Gasteiger partial charge in [-0.15, -0.1) is 0 Å². The van der Waals surface area contributed by atoms with E-state index in [0.717, 1.165) is 29.8 Å². The normalized spacial score (nSPS) is 10.3. The van der Waals surface area contributed by atoms with E-state index in [-0.39, 0.29) is 5.78 Å². The molecule has 0 aliphatic carbocycles. The lowest BCUT2D eigenvalue weighted by molar-refractivity contribution is 0.103. The lowest BCUT2D eigenvalue weighted by atomic mass is 9.98. The number of aryl methyl sites for hydroxylation is 1. The van der Waals surface area contributed by atoms with Crippen LogP contribution < -0.4 is 4.90 Å². The Morgan fingerprint density at radius 3 is 2.20 bits per heavy atom. The highest BCUT2D eigenvalue weighted by molar-refractivity contribution is 6.10. The van der Waals surface area contributed by atoms with Crippen molar-refractivity contribution in [3.8, 4) is 0 Å². The maximum absolute atomic E-state index is 12.5. The minimum atomic E-state index is 0.0918. The molecule has 0 saturated carbocycles. The first-order valence-electron chi connectivity index (χ1n) is 7.12. The van der Waals surface area contributed by atoms with Crippen molar-refractivity contribution < 1.29 is 4.79 Å². The topological polar surface area (TPSA) is 20.3 Å². The highest BCUT2D eigenvalue weighted by Gasteiger charge is 2.12. The Labute approximate surface area is 121 Å². The number of carbonyl (C=O) groups is 1. The van der Waals surface area contributed by atoms with Gasteiger partial charge >= 0.3 is 0 Å². The van der Waals surface area contributed by atoms with Crippen molar-refractivity contribution in [1.29, 1.82) is 0 Å². The number of hydrogen-bond acceptors (Lipinski definition) is 2. The first-order valence-corrected chi connectivity index (χ1v) is 7.12. The number of anilines is 1. The van der Waals surface area contributed by atoms with E-state index in [1.807, 2.05) is 49.4 Å². The van der Waals surface area contributed by atoms with Gasteiger partial charge in [0.2, 0.25) is 0 Å². The third-order valence-corrected chi connectivity index (χ3v) is 3.62. The standard InChI is InChI=1S/C18H21NO/c1-4-19(5-2)16-11-12-17(14(3)13-16)18(20)15-9-7-6-8-10-15/h6-13H,4-5H2,1-3H3. The number of ketones is 1. The van der Waals surface area contributed by atoms with Gasteiger partial charge in [0.25, 0.3) is 0 Å². The van der Waals surface area contributed by atoms with E-state index in [0.29, 0.717) is 0 Å². The van der Waals surface area contributed by atoms with E-state index in [4.69, 9.17) is 0 Å². The zero-order valence-electron chi connectivity index (χ0n) is 12.4. The van der Waals surface area contributed by atoms with Crippen molar-refractivity contribution in [3.63, 3.8) is 0 Å². The summed E-state index contributed by atoms with van der Waals surface area (Å²) in [7, 11) is 0. The molecule has 0 aromatic heterocycles. The largest absolute Gasteiger partial charge is 0.372 e. The molecule has 2 heteroatoms. The Balaban J connectivity index is 2.33. The van der Waals surface area contributed by atoms with Crippen LogP contribution in [0.3, 0.4) is 0 Å². The molecule has 0 radical (unpaired) electrons. The van der Waals surface area contributed by atoms with E-state index in [1.165, 1.54) is 5.69 Å². The van der Waals surface area contributed by atoms with E-state index in [9.17, 15) is 4.79 Å². The summed E-state index contributed by atoms with van der Waals surface area (Å²) in [5.41, 5.74) is 3.73. The van der Waals surface area contributed by atoms with Gasteiger partial charge in [0, 0.05) is 29.9 Å². The average molecular weight is 267 g/mol. The molecule has 0 amide bonds. The Hall–Kier alpha value is -2.09. The number of benzene rings is 2. The second kappa shape index (κ2) is 6.38. The van der Waals surface area contributed by atoms with Gasteiger partial charge in [0.15, 0.2) is 5.78 Å². The summed E-state index contributed by atoms with van der Waals surface area (Å²) in [6.45, 7) is 8.23. The summed E-state index contributed by atoms with van der Waals surface area (Å²) in [6.07, 6.45) is 0. The summed E-state index contributed by atoms with van der Waals surface area (Å²) < 4.78 is 0. The fourth-order valence-electron chi connectivity index (χ4n) is 2.43. The number of nitrogens with zero attached hydrogens (tertiary/aromatic N) is 1. The summed E-state index contributed by atoms with van der Waals surface area (Å²) in [6, 6.07) is 15.5. The smallest absolute Gasteiger partial charge is 0.193 e. The van der Waals surface area contributed by atoms with E-state index in [2.05, 4.69) is 24.8 Å². The Bertz CT molecular complexity index is 586. The van der Waals surface area contributed by atoms with Gasteiger partial charge in [-0.05, 0) is 44.5 Å². The van der Waals surface area contributed by atoms with Crippen LogP contribution in [0.2, 0.25) is 0 Å². The number of carbonyl (C=O) groups excluding carboxylic acids is 1. The molecule has 0 atom stereocenters. The summed E-state index contributed by atoms with van der Waals surface area (Å²) >= 11 is 0. The van der Waals surface area contributed by atoms with Gasteiger partial charge in [0.1, 0.15) is 0 Å². The van der Waals surface area contributed by atoms with E-state index < -0.39 is 0 Å². The Kier molecular flexibility index (Phi) is 4.57. The highest BCUT2D eigenvalue weighted by Crippen LogP contribution is 2.21. The zero-order valence-corrected chi connectivity index (χ0v) is 12.4. The van der Waals surface area contributed by atoms with Crippen molar-refractivity contribution >= 4 is 11.5 Å². The summed E-state index contributed by atoms with van der Waals surface area (Å²) in [5, 5.41) is 0. The molecule has 0 heterocycles. The minimum Gasteiger partial charge on any atom is -0.372 e. The van der Waals surface area contributed by atoms with Crippen LogP contribution in [-0.4, -0.2) is 18.9 Å². The molecule has 2 rings (SSSR count). The van der Waals surface area contributed by atoms with Crippen LogP contribution in [0.25, 0.3) is 0 Å². The molecule has 0 N–H and O–H groups in total. The predicted octanol–water partition coefficient (Wildman–Crippen LogP) is 4.07. The Morgan fingerprint density at radius 2 is 1.65 bits per heavy atom. The lowest BCUT2D eigenvalue weighted by Crippen LogP contribution is -2.22. The SMILES string of the molecule is CCN(CC)c1ccc(C(=O)c2ccccc2)c(C)c1. The molecular formula is C18H21NO. The van der Waals surface area contributed by atoms with Crippen molar-refractivity contribution in [2.24, 2.45) is 0 Å². The lowest BCUT2D eigenvalue weighted by Gasteiger charge is -2.22. The summed E-state index contributed by atoms with van der Waals surface area (Å²) in [5.74, 6) is 0.0918. The molecule has 2 aromatic carbocycles. The second-order valence-corrected chi connectivity index (χ2v) is 4.87. The van der Waals surface area contributed by atoms with Gasteiger partial charge in [-0.25, -0.2) is 0 Å². The van der Waals surface area contributed by atoms with Crippen molar-refractivity contribution in [1.82, 2.24) is 0 Å². The molecule has 2 aromatic rings. The molecule has 0 unspecified atom stereocenters. The van der Waals surface area contributed by atoms with Gasteiger partial charge < -0.3 is 4.90 Å². The monoisotopic (exact) mass is 267 g/mol. The van der Waals surface area contributed by atoms with Crippen LogP contribution in [0.5, 0.6) is 0 Å². The predicted molar refractivity (Wildman–Crippen MR) is 84.6 cm³/mol. The minimum absolute atomic E-state index is 0.0918. The molecule has 0 bridgehead atoms. The van der Waals surface area contributed by atoms with Crippen LogP contribution in [0.15, 0.2) is 48.5 Å². The maximum atomic E-state index is 12.5. The summed E-state index contributed by atoms with van der Waals surface area (Å²) in [4.78, 5) is 14.8. The van der Waals surface area contributed by atoms with Gasteiger partial charge in [0.05, 0.1) is 0 Å². The first kappa shape index (κ1) is 14.3. The third-order valence-electron chi connectivity index (χ3n) is 3.62. The number of hydrogen-bond donors (Lipinski definition) is 0.